The van der Waals surface area contributed by atoms with Gasteiger partial charge in [-0.3, -0.25) is 0 Å². The van der Waals surface area contributed by atoms with E-state index in [1.165, 1.54) is 25.7 Å². The molecule has 100 valence electrons. The van der Waals surface area contributed by atoms with Crippen molar-refractivity contribution in [3.8, 4) is 0 Å². The van der Waals surface area contributed by atoms with Crippen molar-refractivity contribution in [2.75, 3.05) is 0 Å². The van der Waals surface area contributed by atoms with Gasteiger partial charge in [-0.25, -0.2) is 0 Å². The number of hydrogen-bond acceptors (Lipinski definition) is 0. The van der Waals surface area contributed by atoms with Crippen LogP contribution in [-0.2, 0) is 23.7 Å². The highest BCUT2D eigenvalue weighted by Crippen LogP contribution is 2.38. The van der Waals surface area contributed by atoms with Crippen molar-refractivity contribution in [3.63, 3.8) is 0 Å². The lowest BCUT2D eigenvalue weighted by Gasteiger charge is -2.33. The van der Waals surface area contributed by atoms with Gasteiger partial charge in [0.1, 0.15) is 0 Å². The fourth-order valence-corrected chi connectivity index (χ4v) is 3.27. The minimum Gasteiger partial charge on any atom is -0.0579 e. The molecular weight excluding hydrogens is 216 g/mol. The molecule has 1 aliphatic rings. The zero-order valence-corrected chi connectivity index (χ0v) is 13.0. The summed E-state index contributed by atoms with van der Waals surface area (Å²) in [4.78, 5) is 0. The zero-order chi connectivity index (χ0) is 13.6. The molecule has 0 heterocycles. The van der Waals surface area contributed by atoms with E-state index >= 15 is 0 Å². The van der Waals surface area contributed by atoms with Gasteiger partial charge in [-0.1, -0.05) is 53.7 Å². The Bertz CT molecular complexity index is 395. The Kier molecular flexibility index (Phi) is 3.34. The molecule has 1 aliphatic carbocycles. The lowest BCUT2D eigenvalue weighted by molar-refractivity contribution is 0.544. The van der Waals surface area contributed by atoms with Crippen LogP contribution in [0.5, 0.6) is 0 Å². The van der Waals surface area contributed by atoms with E-state index < -0.39 is 0 Å². The lowest BCUT2D eigenvalue weighted by Crippen LogP contribution is -2.23. The van der Waals surface area contributed by atoms with Gasteiger partial charge in [-0.05, 0) is 58.8 Å². The summed E-state index contributed by atoms with van der Waals surface area (Å²) in [6.45, 7) is 14.0. The third-order valence-corrected chi connectivity index (χ3v) is 4.15. The van der Waals surface area contributed by atoms with Gasteiger partial charge in [0.15, 0.2) is 0 Å². The molecule has 2 rings (SSSR count). The molecule has 0 N–H and O–H groups in total. The summed E-state index contributed by atoms with van der Waals surface area (Å²) in [5.41, 5.74) is 7.04. The van der Waals surface area contributed by atoms with E-state index in [9.17, 15) is 0 Å². The maximum Gasteiger partial charge on any atom is -0.0129 e. The van der Waals surface area contributed by atoms with Gasteiger partial charge < -0.3 is 0 Å². The van der Waals surface area contributed by atoms with Gasteiger partial charge in [0.05, 0.1) is 0 Å². The molecular formula is C18H28. The fraction of sp³-hybridized carbons (Fsp3) is 0.667. The number of benzene rings is 1. The van der Waals surface area contributed by atoms with Crippen molar-refractivity contribution in [3.05, 3.63) is 34.4 Å². The van der Waals surface area contributed by atoms with Crippen LogP contribution in [-0.4, -0.2) is 0 Å². The Labute approximate surface area is 113 Å². The average molecular weight is 244 g/mol. The van der Waals surface area contributed by atoms with Crippen LogP contribution in [0.15, 0.2) is 12.1 Å². The van der Waals surface area contributed by atoms with Gasteiger partial charge in [0, 0.05) is 0 Å². The Morgan fingerprint density at radius 1 is 0.667 bits per heavy atom. The van der Waals surface area contributed by atoms with Gasteiger partial charge in [0.2, 0.25) is 0 Å². The van der Waals surface area contributed by atoms with Crippen molar-refractivity contribution < 1.29 is 0 Å². The normalized spacial score (nSPS) is 16.6. The summed E-state index contributed by atoms with van der Waals surface area (Å²) in [5, 5.41) is 0. The summed E-state index contributed by atoms with van der Waals surface area (Å²) in [6, 6.07) is 4.79. The molecule has 18 heavy (non-hydrogen) atoms. The highest BCUT2D eigenvalue weighted by atomic mass is 14.3. The molecule has 0 aliphatic heterocycles. The molecule has 0 atom stereocenters. The first-order valence-corrected chi connectivity index (χ1v) is 7.37. The van der Waals surface area contributed by atoms with Crippen LogP contribution in [0.25, 0.3) is 0 Å². The molecule has 0 saturated carbocycles. The van der Waals surface area contributed by atoms with E-state index in [1.54, 1.807) is 22.3 Å². The molecule has 0 unspecified atom stereocenters. The summed E-state index contributed by atoms with van der Waals surface area (Å²) in [7, 11) is 0. The van der Waals surface area contributed by atoms with Crippen molar-refractivity contribution in [2.24, 2.45) is 0 Å². The Morgan fingerprint density at radius 2 is 1.00 bits per heavy atom. The maximum absolute atomic E-state index is 2.39. The first-order chi connectivity index (χ1) is 8.21. The standard InChI is InChI=1S/C18H28/c1-17(2,3)15-11-12-16(18(4,5)6)14-10-8-7-9-13(14)15/h11-12H,7-10H2,1-6H3. The maximum atomic E-state index is 2.39. The molecule has 0 heteroatoms. The van der Waals surface area contributed by atoms with Crippen LogP contribution < -0.4 is 0 Å². The number of rotatable bonds is 0. The summed E-state index contributed by atoms with van der Waals surface area (Å²) < 4.78 is 0. The quantitative estimate of drug-likeness (QED) is 0.591. The molecule has 0 spiro atoms. The van der Waals surface area contributed by atoms with E-state index in [0.717, 1.165) is 0 Å². The highest BCUT2D eigenvalue weighted by molar-refractivity contribution is 5.47. The van der Waals surface area contributed by atoms with E-state index in [2.05, 4.69) is 53.7 Å². The van der Waals surface area contributed by atoms with E-state index in [1.807, 2.05) is 0 Å². The third kappa shape index (κ3) is 2.48. The van der Waals surface area contributed by atoms with Gasteiger partial charge in [-0.15, -0.1) is 0 Å². The number of hydrogen-bond donors (Lipinski definition) is 0. The van der Waals surface area contributed by atoms with Crippen LogP contribution in [0, 0.1) is 0 Å². The minimum absolute atomic E-state index is 0.276. The zero-order valence-electron chi connectivity index (χ0n) is 13.0. The highest BCUT2D eigenvalue weighted by Gasteiger charge is 2.27. The van der Waals surface area contributed by atoms with Crippen LogP contribution in [0.2, 0.25) is 0 Å². The van der Waals surface area contributed by atoms with E-state index in [-0.39, 0.29) is 10.8 Å². The minimum atomic E-state index is 0.276. The topological polar surface area (TPSA) is 0 Å². The predicted molar refractivity (Wildman–Crippen MR) is 80.5 cm³/mol. The van der Waals surface area contributed by atoms with Crippen LogP contribution >= 0.6 is 0 Å². The molecule has 0 saturated heterocycles. The largest absolute Gasteiger partial charge is 0.0579 e. The van der Waals surface area contributed by atoms with Gasteiger partial charge >= 0.3 is 0 Å². The van der Waals surface area contributed by atoms with Crippen LogP contribution in [0.3, 0.4) is 0 Å². The SMILES string of the molecule is CC(C)(C)c1ccc(C(C)(C)C)c2c1CCCC2. The fourth-order valence-electron chi connectivity index (χ4n) is 3.27. The van der Waals surface area contributed by atoms with Crippen LogP contribution in [0.1, 0.15) is 76.6 Å². The number of fused-ring (bicyclic) bond motifs is 1. The van der Waals surface area contributed by atoms with Crippen molar-refractivity contribution in [1.82, 2.24) is 0 Å². The second kappa shape index (κ2) is 4.40. The second-order valence-electron chi connectivity index (χ2n) is 7.82. The average Bonchev–Trinajstić information content (AvgIpc) is 2.24. The van der Waals surface area contributed by atoms with E-state index in [4.69, 9.17) is 0 Å². The Hall–Kier alpha value is -0.780. The lowest BCUT2D eigenvalue weighted by atomic mass is 9.72. The van der Waals surface area contributed by atoms with Crippen LogP contribution in [0.4, 0.5) is 0 Å². The first-order valence-electron chi connectivity index (χ1n) is 7.37. The first kappa shape index (κ1) is 13.6. The molecule has 1 aromatic carbocycles. The van der Waals surface area contributed by atoms with Crippen molar-refractivity contribution in [2.45, 2.75) is 78.1 Å². The summed E-state index contributed by atoms with van der Waals surface area (Å²) in [5.74, 6) is 0. The monoisotopic (exact) mass is 244 g/mol. The van der Waals surface area contributed by atoms with E-state index in [0.29, 0.717) is 0 Å². The Balaban J connectivity index is 2.64. The molecule has 0 aromatic heterocycles. The third-order valence-electron chi connectivity index (χ3n) is 4.15. The smallest absolute Gasteiger partial charge is 0.0129 e. The van der Waals surface area contributed by atoms with Crippen molar-refractivity contribution >= 4 is 0 Å². The molecule has 0 fully saturated rings. The van der Waals surface area contributed by atoms with Crippen molar-refractivity contribution in [1.29, 1.82) is 0 Å². The van der Waals surface area contributed by atoms with Gasteiger partial charge in [-0.2, -0.15) is 0 Å². The molecule has 1 aromatic rings. The Morgan fingerprint density at radius 3 is 1.28 bits per heavy atom. The molecule has 0 amide bonds. The summed E-state index contributed by atoms with van der Waals surface area (Å²) >= 11 is 0. The molecule has 0 radical (unpaired) electrons. The second-order valence-corrected chi connectivity index (χ2v) is 7.82. The molecule has 0 nitrogen and oxygen atoms in total. The summed E-state index contributed by atoms with van der Waals surface area (Å²) in [6.07, 6.45) is 5.30. The van der Waals surface area contributed by atoms with Gasteiger partial charge in [0.25, 0.3) is 0 Å². The molecule has 0 bridgehead atoms. The predicted octanol–water partition coefficient (Wildman–Crippen LogP) is 5.16.